The average molecular weight is 441 g/mol. The Morgan fingerprint density at radius 2 is 1.96 bits per heavy atom. The topological polar surface area (TPSA) is 45.7 Å². The zero-order chi connectivity index (χ0) is 15.9. The Balaban J connectivity index is 0.00000208. The first-order chi connectivity index (χ1) is 11.3. The molecule has 0 bridgehead atoms. The van der Waals surface area contributed by atoms with Crippen LogP contribution in [0, 0.1) is 5.92 Å². The van der Waals surface area contributed by atoms with Gasteiger partial charge in [-0.25, -0.2) is 4.99 Å². The lowest BCUT2D eigenvalue weighted by Gasteiger charge is -2.17. The first kappa shape index (κ1) is 19.1. The quantitative estimate of drug-likeness (QED) is 0.292. The molecule has 0 aliphatic heterocycles. The van der Waals surface area contributed by atoms with Crippen molar-refractivity contribution < 1.29 is 4.74 Å². The summed E-state index contributed by atoms with van der Waals surface area (Å²) < 4.78 is 5.97. The molecule has 1 aromatic rings. The molecule has 1 fully saturated rings. The molecule has 5 heteroatoms. The molecule has 4 nitrogen and oxygen atoms in total. The van der Waals surface area contributed by atoms with Crippen LogP contribution in [0.3, 0.4) is 0 Å². The minimum atomic E-state index is 0. The monoisotopic (exact) mass is 441 g/mol. The number of hydrogen-bond acceptors (Lipinski definition) is 2. The molecule has 0 amide bonds. The van der Waals surface area contributed by atoms with Crippen molar-refractivity contribution in [2.75, 3.05) is 13.2 Å². The predicted molar refractivity (Wildman–Crippen MR) is 110 cm³/mol. The van der Waals surface area contributed by atoms with E-state index in [1.807, 2.05) is 6.07 Å². The van der Waals surface area contributed by atoms with E-state index in [0.29, 0.717) is 12.6 Å². The fourth-order valence-corrected chi connectivity index (χ4v) is 2.68. The third kappa shape index (κ3) is 6.00. The van der Waals surface area contributed by atoms with Crippen molar-refractivity contribution in [2.24, 2.45) is 10.9 Å². The van der Waals surface area contributed by atoms with Gasteiger partial charge in [-0.1, -0.05) is 30.4 Å². The second kappa shape index (κ2) is 9.91. The molecule has 1 aromatic carbocycles. The number of halogens is 1. The molecular formula is C19H28IN3O. The van der Waals surface area contributed by atoms with Gasteiger partial charge < -0.3 is 15.4 Å². The van der Waals surface area contributed by atoms with Crippen molar-refractivity contribution in [2.45, 2.75) is 45.2 Å². The largest absolute Gasteiger partial charge is 0.493 e. The summed E-state index contributed by atoms with van der Waals surface area (Å²) in [7, 11) is 0. The van der Waals surface area contributed by atoms with E-state index < -0.39 is 0 Å². The van der Waals surface area contributed by atoms with Gasteiger partial charge in [0.25, 0.3) is 0 Å². The van der Waals surface area contributed by atoms with Gasteiger partial charge in [-0.05, 0) is 44.6 Å². The molecule has 24 heavy (non-hydrogen) atoms. The smallest absolute Gasteiger partial charge is 0.191 e. The van der Waals surface area contributed by atoms with E-state index >= 15 is 0 Å². The van der Waals surface area contributed by atoms with E-state index in [-0.39, 0.29) is 24.0 Å². The van der Waals surface area contributed by atoms with Crippen molar-refractivity contribution in [3.8, 4) is 5.75 Å². The number of rotatable bonds is 7. The second-order valence-electron chi connectivity index (χ2n) is 6.34. The molecule has 0 atom stereocenters. The summed E-state index contributed by atoms with van der Waals surface area (Å²) >= 11 is 0. The Bertz CT molecular complexity index is 561. The van der Waals surface area contributed by atoms with Crippen molar-refractivity contribution in [1.82, 2.24) is 10.6 Å². The fraction of sp³-hybridized carbons (Fsp3) is 0.526. The molecule has 0 unspecified atom stereocenters. The highest BCUT2D eigenvalue weighted by molar-refractivity contribution is 14.0. The summed E-state index contributed by atoms with van der Waals surface area (Å²) in [5.74, 6) is 2.63. The SMILES string of the molecule is CCNC(=NCc1ccccc1OCC1CC1)NC1CC=CC1.I. The molecule has 0 radical (unpaired) electrons. The third-order valence-corrected chi connectivity index (χ3v) is 4.24. The van der Waals surface area contributed by atoms with E-state index in [0.717, 1.165) is 49.2 Å². The number of nitrogens with zero attached hydrogens (tertiary/aromatic N) is 1. The summed E-state index contributed by atoms with van der Waals surface area (Å²) in [6.07, 6.45) is 9.22. The standard InChI is InChI=1S/C19H27N3O.HI/c1-2-20-19(22-17-8-4-5-9-17)21-13-16-7-3-6-10-18(16)23-14-15-11-12-15;/h3-7,10,15,17H,2,8-9,11-14H2,1H3,(H2,20,21,22);1H. The second-order valence-corrected chi connectivity index (χ2v) is 6.34. The van der Waals surface area contributed by atoms with E-state index in [1.165, 1.54) is 12.8 Å². The molecule has 0 saturated heterocycles. The molecule has 0 aromatic heterocycles. The number of hydrogen-bond donors (Lipinski definition) is 2. The van der Waals surface area contributed by atoms with Crippen LogP contribution in [-0.2, 0) is 6.54 Å². The first-order valence-corrected chi connectivity index (χ1v) is 8.75. The molecular weight excluding hydrogens is 413 g/mol. The van der Waals surface area contributed by atoms with Gasteiger partial charge in [-0.3, -0.25) is 0 Å². The lowest BCUT2D eigenvalue weighted by Crippen LogP contribution is -2.42. The number of nitrogens with one attached hydrogen (secondary N) is 2. The van der Waals surface area contributed by atoms with Gasteiger partial charge in [-0.15, -0.1) is 24.0 Å². The zero-order valence-electron chi connectivity index (χ0n) is 14.3. The fourth-order valence-electron chi connectivity index (χ4n) is 2.68. The lowest BCUT2D eigenvalue weighted by atomic mass is 10.2. The number of aliphatic imine (C=N–C) groups is 1. The molecule has 2 aliphatic carbocycles. The van der Waals surface area contributed by atoms with Gasteiger partial charge in [0.05, 0.1) is 13.2 Å². The van der Waals surface area contributed by atoms with Crippen LogP contribution in [0.1, 0.15) is 38.2 Å². The predicted octanol–water partition coefficient (Wildman–Crippen LogP) is 3.87. The van der Waals surface area contributed by atoms with Crippen LogP contribution >= 0.6 is 24.0 Å². The number of ether oxygens (including phenoxy) is 1. The average Bonchev–Trinajstić information content (AvgIpc) is 3.26. The Kier molecular flexibility index (Phi) is 7.88. The third-order valence-electron chi connectivity index (χ3n) is 4.24. The lowest BCUT2D eigenvalue weighted by molar-refractivity contribution is 0.297. The van der Waals surface area contributed by atoms with Crippen molar-refractivity contribution >= 4 is 29.9 Å². The maximum absolute atomic E-state index is 5.97. The van der Waals surface area contributed by atoms with Gasteiger partial charge in [0.1, 0.15) is 5.75 Å². The summed E-state index contributed by atoms with van der Waals surface area (Å²) in [6.45, 7) is 4.44. The van der Waals surface area contributed by atoms with Gasteiger partial charge in [-0.2, -0.15) is 0 Å². The summed E-state index contributed by atoms with van der Waals surface area (Å²) in [6, 6.07) is 8.70. The van der Waals surface area contributed by atoms with Gasteiger partial charge in [0, 0.05) is 18.2 Å². The van der Waals surface area contributed by atoms with Crippen LogP contribution in [-0.4, -0.2) is 25.2 Å². The van der Waals surface area contributed by atoms with E-state index in [4.69, 9.17) is 9.73 Å². The minimum absolute atomic E-state index is 0. The van der Waals surface area contributed by atoms with Crippen molar-refractivity contribution in [3.63, 3.8) is 0 Å². The van der Waals surface area contributed by atoms with E-state index in [2.05, 4.69) is 47.9 Å². The summed E-state index contributed by atoms with van der Waals surface area (Å²) in [5, 5.41) is 6.83. The van der Waals surface area contributed by atoms with Crippen molar-refractivity contribution in [1.29, 1.82) is 0 Å². The highest BCUT2D eigenvalue weighted by Gasteiger charge is 2.22. The summed E-state index contributed by atoms with van der Waals surface area (Å²) in [5.41, 5.74) is 1.15. The van der Waals surface area contributed by atoms with Crippen LogP contribution in [0.25, 0.3) is 0 Å². The Morgan fingerprint density at radius 3 is 2.67 bits per heavy atom. The highest BCUT2D eigenvalue weighted by atomic mass is 127. The van der Waals surface area contributed by atoms with Crippen LogP contribution in [0.15, 0.2) is 41.4 Å². The van der Waals surface area contributed by atoms with Crippen LogP contribution < -0.4 is 15.4 Å². The van der Waals surface area contributed by atoms with Gasteiger partial charge >= 0.3 is 0 Å². The van der Waals surface area contributed by atoms with Crippen molar-refractivity contribution in [3.05, 3.63) is 42.0 Å². The van der Waals surface area contributed by atoms with Crippen LogP contribution in [0.4, 0.5) is 0 Å². The van der Waals surface area contributed by atoms with Crippen LogP contribution in [0.2, 0.25) is 0 Å². The molecule has 1 saturated carbocycles. The minimum Gasteiger partial charge on any atom is -0.493 e. The molecule has 2 N–H and O–H groups in total. The highest BCUT2D eigenvalue weighted by Crippen LogP contribution is 2.30. The van der Waals surface area contributed by atoms with Gasteiger partial charge in [0.2, 0.25) is 0 Å². The number of guanidine groups is 1. The molecule has 2 aliphatic rings. The molecule has 3 rings (SSSR count). The first-order valence-electron chi connectivity index (χ1n) is 8.75. The maximum Gasteiger partial charge on any atom is 0.191 e. The van der Waals surface area contributed by atoms with E-state index in [9.17, 15) is 0 Å². The van der Waals surface area contributed by atoms with Gasteiger partial charge in [0.15, 0.2) is 5.96 Å². The molecule has 0 spiro atoms. The van der Waals surface area contributed by atoms with Crippen LogP contribution in [0.5, 0.6) is 5.75 Å². The normalized spacial score (nSPS) is 17.5. The summed E-state index contributed by atoms with van der Waals surface area (Å²) in [4.78, 5) is 4.74. The molecule has 132 valence electrons. The molecule has 0 heterocycles. The zero-order valence-corrected chi connectivity index (χ0v) is 16.7. The number of para-hydroxylation sites is 1. The van der Waals surface area contributed by atoms with E-state index in [1.54, 1.807) is 0 Å². The Hall–Kier alpha value is -1.24. The number of benzene rings is 1. The maximum atomic E-state index is 5.97. The Morgan fingerprint density at radius 1 is 1.21 bits per heavy atom. The Labute approximate surface area is 162 Å².